The summed E-state index contributed by atoms with van der Waals surface area (Å²) in [6.07, 6.45) is 5.18. The topological polar surface area (TPSA) is 73.7 Å². The normalized spacial score (nSPS) is 15.1. The Morgan fingerprint density at radius 1 is 1.17 bits per heavy atom. The van der Waals surface area contributed by atoms with Crippen LogP contribution in [0.1, 0.15) is 57.8 Å². The summed E-state index contributed by atoms with van der Waals surface area (Å²) < 4.78 is 13.2. The van der Waals surface area contributed by atoms with Gasteiger partial charge in [-0.05, 0) is 54.8 Å². The Kier molecular flexibility index (Phi) is 7.79. The molecule has 1 aromatic heterocycles. The lowest BCUT2D eigenvalue weighted by molar-refractivity contribution is -0.138. The molecule has 1 atom stereocenters. The van der Waals surface area contributed by atoms with Gasteiger partial charge < -0.3 is 14.4 Å². The number of nitrogens with zero attached hydrogens (tertiary/aromatic N) is 3. The van der Waals surface area contributed by atoms with Crippen LogP contribution in [0.5, 0.6) is 11.5 Å². The molecule has 1 unspecified atom stereocenters. The summed E-state index contributed by atoms with van der Waals surface area (Å²) in [5.41, 5.74) is 0.935. The smallest absolute Gasteiger partial charge is 0.266 e. The number of carbonyl (C=O) groups is 1. The lowest BCUT2D eigenvalue weighted by Gasteiger charge is -2.33. The first-order chi connectivity index (χ1) is 16.9. The molecule has 7 nitrogen and oxygen atoms in total. The van der Waals surface area contributed by atoms with Gasteiger partial charge in [-0.1, -0.05) is 31.4 Å². The van der Waals surface area contributed by atoms with Crippen LogP contribution >= 0.6 is 15.9 Å². The Hall–Kier alpha value is -2.87. The summed E-state index contributed by atoms with van der Waals surface area (Å²) in [5, 5.41) is 0.499. The van der Waals surface area contributed by atoms with Crippen LogP contribution in [-0.4, -0.2) is 41.1 Å². The number of benzene rings is 2. The van der Waals surface area contributed by atoms with E-state index in [1.54, 1.807) is 37.0 Å². The lowest BCUT2D eigenvalue weighted by atomic mass is 9.88. The third-order valence-corrected chi connectivity index (χ3v) is 7.71. The highest BCUT2D eigenvalue weighted by Gasteiger charge is 2.31. The van der Waals surface area contributed by atoms with Crippen LogP contribution in [0.3, 0.4) is 0 Å². The number of hydrogen-bond acceptors (Lipinski definition) is 5. The number of carbonyl (C=O) groups excluding carboxylic acids is 1. The molecule has 0 radical (unpaired) electrons. The minimum atomic E-state index is -0.421. The van der Waals surface area contributed by atoms with Gasteiger partial charge in [0.2, 0.25) is 5.91 Å². The summed E-state index contributed by atoms with van der Waals surface area (Å²) >= 11 is 3.62. The first-order valence-electron chi connectivity index (χ1n) is 12.1. The van der Waals surface area contributed by atoms with Crippen LogP contribution in [-0.2, 0) is 4.79 Å². The monoisotopic (exact) mass is 541 g/mol. The van der Waals surface area contributed by atoms with Gasteiger partial charge in [-0.3, -0.25) is 14.2 Å². The van der Waals surface area contributed by atoms with Gasteiger partial charge in [0.15, 0.2) is 0 Å². The molecule has 1 fully saturated rings. The van der Waals surface area contributed by atoms with Crippen molar-refractivity contribution in [1.82, 2.24) is 14.5 Å². The maximum Gasteiger partial charge on any atom is 0.266 e. The van der Waals surface area contributed by atoms with Crippen molar-refractivity contribution in [2.75, 3.05) is 20.8 Å². The molecule has 8 heteroatoms. The van der Waals surface area contributed by atoms with Gasteiger partial charge >= 0.3 is 0 Å². The molecule has 0 saturated heterocycles. The van der Waals surface area contributed by atoms with Gasteiger partial charge in [-0.15, -0.1) is 0 Å². The van der Waals surface area contributed by atoms with E-state index in [4.69, 9.17) is 14.5 Å². The van der Waals surface area contributed by atoms with Crippen molar-refractivity contribution in [3.8, 4) is 17.2 Å². The molecular weight excluding hydrogens is 510 g/mol. The second-order valence-corrected chi connectivity index (χ2v) is 9.72. The largest absolute Gasteiger partial charge is 0.497 e. The molecular formula is C27H32BrN3O4. The molecule has 4 rings (SSSR count). The Bertz CT molecular complexity index is 1280. The fourth-order valence-corrected chi connectivity index (χ4v) is 5.56. The van der Waals surface area contributed by atoms with Gasteiger partial charge in [-0.2, -0.15) is 0 Å². The molecule has 1 aliphatic carbocycles. The predicted octanol–water partition coefficient (Wildman–Crippen LogP) is 5.66. The lowest BCUT2D eigenvalue weighted by Crippen LogP contribution is -2.41. The highest BCUT2D eigenvalue weighted by Crippen LogP contribution is 2.37. The minimum Gasteiger partial charge on any atom is -0.497 e. The first kappa shape index (κ1) is 25.2. The zero-order chi connectivity index (χ0) is 25.1. The van der Waals surface area contributed by atoms with Crippen molar-refractivity contribution in [1.29, 1.82) is 0 Å². The molecule has 2 aromatic carbocycles. The number of aromatic nitrogens is 2. The van der Waals surface area contributed by atoms with E-state index in [0.717, 1.165) is 25.7 Å². The number of methoxy groups -OCH3 is 2. The maximum atomic E-state index is 13.9. The first-order valence-corrected chi connectivity index (χ1v) is 12.9. The van der Waals surface area contributed by atoms with Gasteiger partial charge in [-0.25, -0.2) is 4.98 Å². The number of ether oxygens (including phenoxy) is 2. The second-order valence-electron chi connectivity index (χ2n) is 8.93. The average molecular weight is 542 g/mol. The minimum absolute atomic E-state index is 0.0235. The zero-order valence-electron chi connectivity index (χ0n) is 20.7. The molecule has 1 saturated carbocycles. The van der Waals surface area contributed by atoms with Gasteiger partial charge in [0.25, 0.3) is 5.56 Å². The molecule has 1 amide bonds. The number of halogens is 1. The zero-order valence-corrected chi connectivity index (χ0v) is 22.3. The van der Waals surface area contributed by atoms with Crippen LogP contribution in [0, 0.1) is 5.92 Å². The van der Waals surface area contributed by atoms with Crippen molar-refractivity contribution in [2.45, 2.75) is 52.0 Å². The summed E-state index contributed by atoms with van der Waals surface area (Å²) in [5.74, 6) is 1.73. The molecule has 35 heavy (non-hydrogen) atoms. The molecule has 0 N–H and O–H groups in total. The Balaban J connectivity index is 1.94. The molecule has 1 heterocycles. The van der Waals surface area contributed by atoms with Crippen LogP contribution in [0.4, 0.5) is 0 Å². The summed E-state index contributed by atoms with van der Waals surface area (Å²) in [6, 6.07) is 10.4. The van der Waals surface area contributed by atoms with Gasteiger partial charge in [0, 0.05) is 24.6 Å². The van der Waals surface area contributed by atoms with Crippen molar-refractivity contribution < 1.29 is 14.3 Å². The molecule has 0 aliphatic heterocycles. The standard InChI is InChI=1S/C27H32BrN3O4/c1-5-30(26(32)18-11-7-6-8-12-18)17(2)25-29-21-14-10-9-13-20(21)27(33)31(25)22-15-19(34-3)16-23(35-4)24(22)28/h9-10,13-18H,5-8,11-12H2,1-4H3. The van der Waals surface area contributed by atoms with E-state index in [0.29, 0.717) is 44.9 Å². The van der Waals surface area contributed by atoms with Crippen LogP contribution < -0.4 is 15.0 Å². The van der Waals surface area contributed by atoms with Gasteiger partial charge in [0.1, 0.15) is 17.3 Å². The number of para-hydroxylation sites is 1. The van der Waals surface area contributed by atoms with E-state index in [9.17, 15) is 9.59 Å². The third kappa shape index (κ3) is 4.81. The van der Waals surface area contributed by atoms with Crippen LogP contribution in [0.15, 0.2) is 45.7 Å². The van der Waals surface area contributed by atoms with Crippen molar-refractivity contribution in [3.05, 3.63) is 57.0 Å². The molecule has 186 valence electrons. The fourth-order valence-electron chi connectivity index (χ4n) is 4.99. The summed E-state index contributed by atoms with van der Waals surface area (Å²) in [6.45, 7) is 4.45. The summed E-state index contributed by atoms with van der Waals surface area (Å²) in [7, 11) is 3.13. The number of amides is 1. The maximum absolute atomic E-state index is 13.9. The molecule has 3 aromatic rings. The van der Waals surface area contributed by atoms with Crippen molar-refractivity contribution in [2.24, 2.45) is 5.92 Å². The highest BCUT2D eigenvalue weighted by atomic mass is 79.9. The third-order valence-electron chi connectivity index (χ3n) is 6.91. The number of rotatable bonds is 7. The van der Waals surface area contributed by atoms with E-state index in [-0.39, 0.29) is 17.4 Å². The van der Waals surface area contributed by atoms with Crippen LogP contribution in [0.25, 0.3) is 16.6 Å². The van der Waals surface area contributed by atoms with E-state index in [2.05, 4.69) is 15.9 Å². The van der Waals surface area contributed by atoms with E-state index in [1.165, 1.54) is 6.42 Å². The number of fused-ring (bicyclic) bond motifs is 1. The molecule has 0 spiro atoms. The Labute approximate surface area is 214 Å². The van der Waals surface area contributed by atoms with E-state index in [1.807, 2.05) is 36.9 Å². The molecule has 1 aliphatic rings. The SMILES string of the molecule is CCN(C(=O)C1CCCCC1)C(C)c1nc2ccccc2c(=O)n1-c1cc(OC)cc(OC)c1Br. The summed E-state index contributed by atoms with van der Waals surface area (Å²) in [4.78, 5) is 34.3. The highest BCUT2D eigenvalue weighted by molar-refractivity contribution is 9.10. The van der Waals surface area contributed by atoms with Gasteiger partial charge in [0.05, 0.1) is 41.3 Å². The molecule has 0 bridgehead atoms. The Morgan fingerprint density at radius 2 is 1.89 bits per heavy atom. The quantitative estimate of drug-likeness (QED) is 0.386. The Morgan fingerprint density at radius 3 is 2.54 bits per heavy atom. The number of hydrogen-bond donors (Lipinski definition) is 0. The average Bonchev–Trinajstić information content (AvgIpc) is 2.89. The second kappa shape index (κ2) is 10.8. The van der Waals surface area contributed by atoms with Crippen molar-refractivity contribution in [3.63, 3.8) is 0 Å². The van der Waals surface area contributed by atoms with E-state index < -0.39 is 6.04 Å². The van der Waals surface area contributed by atoms with Crippen molar-refractivity contribution >= 4 is 32.7 Å². The fraction of sp³-hybridized carbons (Fsp3) is 0.444. The van der Waals surface area contributed by atoms with E-state index >= 15 is 0 Å². The van der Waals surface area contributed by atoms with Crippen LogP contribution in [0.2, 0.25) is 0 Å². The predicted molar refractivity (Wildman–Crippen MR) is 141 cm³/mol.